The molecule has 17 heteroatoms. The van der Waals surface area contributed by atoms with Gasteiger partial charge in [-0.25, -0.2) is 9.97 Å². The molecule has 2 N–H and O–H groups in total. The van der Waals surface area contributed by atoms with E-state index in [2.05, 4.69) is 143 Å². The summed E-state index contributed by atoms with van der Waals surface area (Å²) in [5.74, 6) is 0.650. The quantitative estimate of drug-likeness (QED) is 0.0347. The van der Waals surface area contributed by atoms with Crippen LogP contribution in [0.25, 0.3) is 90.9 Å². The van der Waals surface area contributed by atoms with E-state index >= 15 is 0 Å². The first-order valence-corrected chi connectivity index (χ1v) is 29.8. The molecule has 0 spiro atoms. The highest BCUT2D eigenvalue weighted by Gasteiger charge is 2.34. The molecule has 87 heavy (non-hydrogen) atoms. The van der Waals surface area contributed by atoms with Gasteiger partial charge in [-0.15, -0.1) is 0 Å². The molecule has 2 aliphatic rings. The van der Waals surface area contributed by atoms with Crippen LogP contribution in [-0.4, -0.2) is 187 Å². The Labute approximate surface area is 510 Å². The molecule has 0 atom stereocenters. The van der Waals surface area contributed by atoms with Crippen LogP contribution in [0.3, 0.4) is 0 Å². The SMILES string of the molecule is COCCOCCOCCOCC(COCCOCCOCCOC)(COCCOCCOCCOC)COc1ccc(-c2c3nc(c(-c4ccccc4)c4ccc([nH]4)c(-c4ccccc4)c4nc(c(-c5ccccc5)c5ccc2[nH]5)C=C4)C=C3)cc1. The van der Waals surface area contributed by atoms with Gasteiger partial charge in [0, 0.05) is 65.7 Å². The number of nitrogens with one attached hydrogen (secondary N) is 2. The number of aromatic nitrogens is 4. The first kappa shape index (κ1) is 64.3. The fourth-order valence-corrected chi connectivity index (χ4v) is 10.1. The van der Waals surface area contributed by atoms with E-state index in [-0.39, 0.29) is 26.4 Å². The molecule has 0 saturated heterocycles. The average Bonchev–Trinajstić information content (AvgIpc) is 2.03. The van der Waals surface area contributed by atoms with Crippen molar-refractivity contribution < 1.29 is 61.6 Å². The lowest BCUT2D eigenvalue weighted by molar-refractivity contribution is -0.105. The fraction of sp³-hybridized carbons (Fsp3) is 0.371. The maximum absolute atomic E-state index is 6.78. The van der Waals surface area contributed by atoms with Crippen LogP contribution >= 0.6 is 0 Å². The van der Waals surface area contributed by atoms with Gasteiger partial charge >= 0.3 is 0 Å². The molecule has 0 amide bonds. The van der Waals surface area contributed by atoms with Crippen molar-refractivity contribution in [3.63, 3.8) is 0 Å². The average molecular weight is 1190 g/mol. The summed E-state index contributed by atoms with van der Waals surface area (Å²) in [5, 5.41) is 0. The van der Waals surface area contributed by atoms with Crippen molar-refractivity contribution in [1.29, 1.82) is 0 Å². The Kier molecular flexibility index (Phi) is 26.3. The van der Waals surface area contributed by atoms with Crippen LogP contribution in [-0.2, 0) is 56.8 Å². The van der Waals surface area contributed by atoms with Crippen molar-refractivity contribution in [2.75, 3.05) is 167 Å². The lowest BCUT2D eigenvalue weighted by atomic mass is 9.92. The van der Waals surface area contributed by atoms with Crippen LogP contribution in [0.4, 0.5) is 0 Å². The third kappa shape index (κ3) is 19.1. The molecule has 0 aliphatic carbocycles. The number of fused-ring (bicyclic) bond motifs is 8. The molecule has 460 valence electrons. The van der Waals surface area contributed by atoms with Gasteiger partial charge in [0.2, 0.25) is 0 Å². The maximum atomic E-state index is 6.78. The lowest BCUT2D eigenvalue weighted by Crippen LogP contribution is -2.43. The minimum Gasteiger partial charge on any atom is -0.493 e. The topological polar surface area (TPSA) is 177 Å². The minimum absolute atomic E-state index is 0.200. The van der Waals surface area contributed by atoms with E-state index in [4.69, 9.17) is 71.5 Å². The first-order valence-electron chi connectivity index (χ1n) is 29.8. The van der Waals surface area contributed by atoms with Crippen molar-refractivity contribution in [1.82, 2.24) is 19.9 Å². The second-order valence-electron chi connectivity index (χ2n) is 20.7. The second-order valence-corrected chi connectivity index (χ2v) is 20.7. The van der Waals surface area contributed by atoms with Crippen molar-refractivity contribution in [2.45, 2.75) is 0 Å². The third-order valence-electron chi connectivity index (χ3n) is 14.4. The van der Waals surface area contributed by atoms with E-state index in [1.807, 2.05) is 30.3 Å². The Hall–Kier alpha value is -7.20. The second kappa shape index (κ2) is 35.6. The number of nitrogens with zero attached hydrogens (tertiary/aromatic N) is 2. The van der Waals surface area contributed by atoms with Crippen LogP contribution in [0.5, 0.6) is 5.75 Å². The van der Waals surface area contributed by atoms with E-state index in [9.17, 15) is 0 Å². The molecule has 8 bridgehead atoms. The highest BCUT2D eigenvalue weighted by Crippen LogP contribution is 2.39. The lowest BCUT2D eigenvalue weighted by Gasteiger charge is -2.33. The zero-order valence-electron chi connectivity index (χ0n) is 50.3. The van der Waals surface area contributed by atoms with Gasteiger partial charge in [-0.1, -0.05) is 103 Å². The van der Waals surface area contributed by atoms with Gasteiger partial charge in [-0.3, -0.25) is 0 Å². The number of ether oxygens (including phenoxy) is 13. The maximum Gasteiger partial charge on any atom is 0.119 e. The highest BCUT2D eigenvalue weighted by atomic mass is 16.6. The minimum atomic E-state index is -0.763. The van der Waals surface area contributed by atoms with Crippen molar-refractivity contribution in [3.05, 3.63) is 162 Å². The molecule has 0 saturated carbocycles. The Morgan fingerprint density at radius 2 is 0.552 bits per heavy atom. The monoisotopic (exact) mass is 1190 g/mol. The molecule has 5 heterocycles. The van der Waals surface area contributed by atoms with Crippen molar-refractivity contribution >= 4 is 46.4 Å². The standard InChI is InChI=1S/C70H82N4O13/c1-75-31-34-78-37-40-81-43-46-84-49-70(50-85-47-44-82-41-38-79-35-32-76-2,51-86-48-45-83-42-39-80-36-33-77-3)52-87-57-21-19-56(20-22-57)69-64-29-27-62(73-64)67(54-15-9-5-10-16-54)60-25-23-58(71-60)66(53-13-7-4-8-14-53)59-24-26-61(72-59)68(55-17-11-6-12-18-55)63-28-30-65(69)74-63/h4-30,71,74H,31-52H2,1-3H3. The molecule has 4 aromatic carbocycles. The number of aromatic amines is 2. The number of benzene rings is 4. The zero-order valence-corrected chi connectivity index (χ0v) is 50.3. The van der Waals surface area contributed by atoms with E-state index in [1.165, 1.54) is 0 Å². The molecule has 3 aromatic heterocycles. The first-order chi connectivity index (χ1) is 43.1. The van der Waals surface area contributed by atoms with Crippen LogP contribution < -0.4 is 4.74 Å². The fourth-order valence-electron chi connectivity index (χ4n) is 10.1. The number of hydrogen-bond donors (Lipinski definition) is 2. The van der Waals surface area contributed by atoms with Crippen molar-refractivity contribution in [2.24, 2.45) is 5.41 Å². The largest absolute Gasteiger partial charge is 0.493 e. The van der Waals surface area contributed by atoms with Crippen molar-refractivity contribution in [3.8, 4) is 50.3 Å². The number of methoxy groups -OCH3 is 3. The number of rotatable bonds is 40. The summed E-state index contributed by atoms with van der Waals surface area (Å²) in [6, 6.07) is 48.0. The van der Waals surface area contributed by atoms with E-state index in [1.54, 1.807) is 21.3 Å². The van der Waals surface area contributed by atoms with Gasteiger partial charge in [-0.05, 0) is 83.0 Å². The van der Waals surface area contributed by atoms with E-state index < -0.39 is 5.41 Å². The smallest absolute Gasteiger partial charge is 0.119 e. The molecule has 7 aromatic rings. The van der Waals surface area contributed by atoms with Gasteiger partial charge in [-0.2, -0.15) is 0 Å². The molecular formula is C70H82N4O13. The van der Waals surface area contributed by atoms with Crippen LogP contribution in [0.2, 0.25) is 0 Å². The molecular weight excluding hydrogens is 1100 g/mol. The summed E-state index contributed by atoms with van der Waals surface area (Å²) in [4.78, 5) is 18.7. The normalized spacial score (nSPS) is 12.2. The molecule has 2 aliphatic heterocycles. The zero-order chi connectivity index (χ0) is 60.0. The predicted molar refractivity (Wildman–Crippen MR) is 342 cm³/mol. The molecule has 0 unspecified atom stereocenters. The summed E-state index contributed by atoms with van der Waals surface area (Å²) in [6.45, 7) is 8.85. The molecule has 0 fully saturated rings. The number of H-pyrrole nitrogens is 2. The van der Waals surface area contributed by atoms with Gasteiger partial charge in [0.05, 0.1) is 167 Å². The molecule has 9 rings (SSSR count). The summed E-state index contributed by atoms with van der Waals surface area (Å²) in [5.41, 5.74) is 14.1. The molecule has 0 radical (unpaired) electrons. The Bertz CT molecular complexity index is 3280. The summed E-state index contributed by atoms with van der Waals surface area (Å²) < 4.78 is 75.4. The van der Waals surface area contributed by atoms with Crippen LogP contribution in [0.1, 0.15) is 22.8 Å². The van der Waals surface area contributed by atoms with Gasteiger partial charge in [0.1, 0.15) is 12.4 Å². The van der Waals surface area contributed by atoms with E-state index in [0.717, 1.165) is 89.4 Å². The summed E-state index contributed by atoms with van der Waals surface area (Å²) in [6.07, 6.45) is 8.45. The van der Waals surface area contributed by atoms with Crippen LogP contribution in [0, 0.1) is 5.41 Å². The Morgan fingerprint density at radius 1 is 0.287 bits per heavy atom. The van der Waals surface area contributed by atoms with Gasteiger partial charge in [0.15, 0.2) is 0 Å². The Morgan fingerprint density at radius 3 is 0.839 bits per heavy atom. The molecule has 17 nitrogen and oxygen atoms in total. The highest BCUT2D eigenvalue weighted by molar-refractivity contribution is 5.99. The summed E-state index contributed by atoms with van der Waals surface area (Å²) in [7, 11) is 4.94. The van der Waals surface area contributed by atoms with Crippen LogP contribution in [0.15, 0.2) is 140 Å². The third-order valence-corrected chi connectivity index (χ3v) is 14.4. The van der Waals surface area contributed by atoms with Gasteiger partial charge < -0.3 is 71.5 Å². The predicted octanol–water partition coefficient (Wildman–Crippen LogP) is 11.8. The van der Waals surface area contributed by atoms with E-state index in [0.29, 0.717) is 125 Å². The van der Waals surface area contributed by atoms with Gasteiger partial charge in [0.25, 0.3) is 0 Å². The Balaban J connectivity index is 1.05. The number of hydrogen-bond acceptors (Lipinski definition) is 15. The summed E-state index contributed by atoms with van der Waals surface area (Å²) >= 11 is 0.